The number of rotatable bonds is 8. The van der Waals surface area contributed by atoms with Crippen LogP contribution >= 0.6 is 0 Å². The van der Waals surface area contributed by atoms with Crippen LogP contribution in [0.2, 0.25) is 0 Å². The van der Waals surface area contributed by atoms with Crippen molar-refractivity contribution in [2.75, 3.05) is 44.8 Å². The van der Waals surface area contributed by atoms with E-state index < -0.39 is 0 Å². The summed E-state index contributed by atoms with van der Waals surface area (Å²) in [7, 11) is 1.65. The molecule has 174 valence electrons. The first kappa shape index (κ1) is 22.6. The monoisotopic (exact) mass is 441 g/mol. The number of methoxy groups -OCH3 is 1. The highest BCUT2D eigenvalue weighted by Crippen LogP contribution is 2.43. The average molecular weight is 442 g/mol. The topological polar surface area (TPSA) is 93.8 Å². The van der Waals surface area contributed by atoms with Gasteiger partial charge in [-0.1, -0.05) is 6.92 Å². The van der Waals surface area contributed by atoms with E-state index >= 15 is 0 Å². The van der Waals surface area contributed by atoms with Gasteiger partial charge in [0.15, 0.2) is 0 Å². The van der Waals surface area contributed by atoms with Crippen LogP contribution in [-0.2, 0) is 20.7 Å². The van der Waals surface area contributed by atoms with Crippen LogP contribution in [0.3, 0.4) is 0 Å². The molecule has 1 saturated carbocycles. The second-order valence-electron chi connectivity index (χ2n) is 9.71. The first-order valence-corrected chi connectivity index (χ1v) is 11.5. The smallest absolute Gasteiger partial charge is 0.242 e. The van der Waals surface area contributed by atoms with E-state index in [9.17, 15) is 4.79 Å². The Bertz CT molecular complexity index is 911. The zero-order valence-corrected chi connectivity index (χ0v) is 19.5. The lowest BCUT2D eigenvalue weighted by Crippen LogP contribution is -2.51. The van der Waals surface area contributed by atoms with E-state index in [1.807, 2.05) is 28.0 Å². The molecule has 0 radical (unpaired) electrons. The number of allylic oxidation sites excluding steroid dienone is 4. The van der Waals surface area contributed by atoms with Gasteiger partial charge in [0.1, 0.15) is 17.7 Å². The molecule has 0 bridgehead atoms. The molecule has 1 aliphatic heterocycles. The number of carbonyl (C=O) groups is 1. The van der Waals surface area contributed by atoms with Gasteiger partial charge in [0.2, 0.25) is 5.91 Å². The number of hydrogen-bond acceptors (Lipinski definition) is 7. The van der Waals surface area contributed by atoms with Crippen molar-refractivity contribution in [3.8, 4) is 0 Å². The molecule has 3 aliphatic rings. The summed E-state index contributed by atoms with van der Waals surface area (Å²) in [6.45, 7) is 7.27. The van der Waals surface area contributed by atoms with E-state index in [1.165, 1.54) is 0 Å². The molecule has 1 atom stereocenters. The van der Waals surface area contributed by atoms with Crippen molar-refractivity contribution in [3.05, 3.63) is 41.7 Å². The maximum absolute atomic E-state index is 12.5. The number of anilines is 1. The zero-order chi connectivity index (χ0) is 22.8. The molecule has 32 heavy (non-hydrogen) atoms. The Morgan fingerprint density at radius 3 is 2.69 bits per heavy atom. The van der Waals surface area contributed by atoms with Crippen molar-refractivity contribution in [2.45, 2.75) is 51.6 Å². The fraction of sp³-hybridized carbons (Fsp3) is 0.625. The summed E-state index contributed by atoms with van der Waals surface area (Å²) in [6.07, 6.45) is 10.3. The van der Waals surface area contributed by atoms with Gasteiger partial charge >= 0.3 is 0 Å². The fourth-order valence-electron chi connectivity index (χ4n) is 4.28. The highest BCUT2D eigenvalue weighted by molar-refractivity contribution is 5.82. The molecule has 2 fully saturated rings. The number of amides is 1. The van der Waals surface area contributed by atoms with Gasteiger partial charge in [-0.15, -0.1) is 0 Å². The summed E-state index contributed by atoms with van der Waals surface area (Å²) < 4.78 is 11.3. The number of aromatic nitrogens is 2. The SMILES string of the molecule is COCCN1CCN(c2cc(CC3(C)CCC(OC4(C)CC4)=CC=C3N)ncn2)CC1=O. The van der Waals surface area contributed by atoms with E-state index in [2.05, 4.69) is 23.8 Å². The number of nitrogens with two attached hydrogens (primary N) is 1. The first-order valence-electron chi connectivity index (χ1n) is 11.5. The molecule has 4 rings (SSSR count). The van der Waals surface area contributed by atoms with Crippen molar-refractivity contribution >= 4 is 11.7 Å². The fourth-order valence-corrected chi connectivity index (χ4v) is 4.28. The summed E-state index contributed by atoms with van der Waals surface area (Å²) in [5, 5.41) is 0. The Morgan fingerprint density at radius 2 is 1.97 bits per heavy atom. The van der Waals surface area contributed by atoms with Crippen LogP contribution in [0.25, 0.3) is 0 Å². The normalized spacial score (nSPS) is 25.2. The molecule has 2 heterocycles. The van der Waals surface area contributed by atoms with Gasteiger partial charge in [0, 0.05) is 62.5 Å². The third kappa shape index (κ3) is 5.23. The van der Waals surface area contributed by atoms with Crippen molar-refractivity contribution in [1.29, 1.82) is 0 Å². The van der Waals surface area contributed by atoms with E-state index in [-0.39, 0.29) is 16.9 Å². The van der Waals surface area contributed by atoms with Gasteiger partial charge in [-0.25, -0.2) is 9.97 Å². The Labute approximate surface area is 190 Å². The highest BCUT2D eigenvalue weighted by atomic mass is 16.5. The summed E-state index contributed by atoms with van der Waals surface area (Å²) in [5.74, 6) is 1.91. The van der Waals surface area contributed by atoms with Crippen molar-refractivity contribution < 1.29 is 14.3 Å². The van der Waals surface area contributed by atoms with E-state index in [1.54, 1.807) is 13.4 Å². The zero-order valence-electron chi connectivity index (χ0n) is 19.5. The molecule has 1 amide bonds. The van der Waals surface area contributed by atoms with Crippen LogP contribution in [0.5, 0.6) is 0 Å². The van der Waals surface area contributed by atoms with Gasteiger partial charge in [-0.05, 0) is 38.3 Å². The summed E-state index contributed by atoms with van der Waals surface area (Å²) in [4.78, 5) is 25.3. The lowest BCUT2D eigenvalue weighted by atomic mass is 9.78. The van der Waals surface area contributed by atoms with Gasteiger partial charge in [-0.2, -0.15) is 0 Å². The maximum Gasteiger partial charge on any atom is 0.242 e. The second-order valence-corrected chi connectivity index (χ2v) is 9.71. The minimum atomic E-state index is -0.216. The van der Waals surface area contributed by atoms with Crippen molar-refractivity contribution in [3.63, 3.8) is 0 Å². The lowest BCUT2D eigenvalue weighted by Gasteiger charge is -2.35. The number of carbonyl (C=O) groups excluding carboxylic acids is 1. The van der Waals surface area contributed by atoms with Crippen LogP contribution < -0.4 is 10.6 Å². The lowest BCUT2D eigenvalue weighted by molar-refractivity contribution is -0.131. The third-order valence-electron chi connectivity index (χ3n) is 6.89. The Balaban J connectivity index is 1.40. The van der Waals surface area contributed by atoms with Gasteiger partial charge in [0.25, 0.3) is 0 Å². The molecule has 1 aromatic heterocycles. The van der Waals surface area contributed by atoms with Crippen LogP contribution in [0, 0.1) is 5.41 Å². The van der Waals surface area contributed by atoms with Crippen LogP contribution in [0.1, 0.15) is 45.2 Å². The first-order chi connectivity index (χ1) is 15.3. The van der Waals surface area contributed by atoms with E-state index in [0.29, 0.717) is 32.7 Å². The van der Waals surface area contributed by atoms with E-state index in [4.69, 9.17) is 15.2 Å². The molecule has 1 aromatic rings. The second kappa shape index (κ2) is 9.10. The minimum Gasteiger partial charge on any atom is -0.492 e. The number of nitrogens with zero attached hydrogens (tertiary/aromatic N) is 4. The molecule has 1 unspecified atom stereocenters. The molecular formula is C24H35N5O3. The third-order valence-corrected chi connectivity index (χ3v) is 6.89. The molecule has 8 heteroatoms. The number of piperazine rings is 1. The predicted molar refractivity (Wildman–Crippen MR) is 123 cm³/mol. The van der Waals surface area contributed by atoms with E-state index in [0.717, 1.165) is 55.2 Å². The molecule has 2 aliphatic carbocycles. The maximum atomic E-state index is 12.5. The standard InChI is InChI=1S/C24H35N5O3/c1-23(7-6-19(4-5-20(23)25)32-24(2)8-9-24)15-18-14-21(27-17-26-18)29-11-10-28(12-13-31-3)22(30)16-29/h4-5,14,17H,6-13,15-16,25H2,1-3H3. The average Bonchev–Trinajstić information content (AvgIpc) is 3.52. The minimum absolute atomic E-state index is 0.0156. The summed E-state index contributed by atoms with van der Waals surface area (Å²) in [5.41, 5.74) is 8.08. The molecule has 0 aromatic carbocycles. The number of hydrogen-bond donors (Lipinski definition) is 1. The Kier molecular flexibility index (Phi) is 6.42. The largest absolute Gasteiger partial charge is 0.492 e. The number of ether oxygens (including phenoxy) is 2. The predicted octanol–water partition coefficient (Wildman–Crippen LogP) is 2.41. The van der Waals surface area contributed by atoms with Crippen LogP contribution in [0.15, 0.2) is 36.0 Å². The van der Waals surface area contributed by atoms with Gasteiger partial charge in [-0.3, -0.25) is 4.79 Å². The molecule has 2 N–H and O–H groups in total. The van der Waals surface area contributed by atoms with Gasteiger partial charge in [0.05, 0.1) is 18.9 Å². The summed E-state index contributed by atoms with van der Waals surface area (Å²) >= 11 is 0. The van der Waals surface area contributed by atoms with Crippen molar-refractivity contribution in [2.24, 2.45) is 11.1 Å². The molecular weight excluding hydrogens is 406 g/mol. The molecule has 0 spiro atoms. The quantitative estimate of drug-likeness (QED) is 0.662. The van der Waals surface area contributed by atoms with Crippen LogP contribution in [0.4, 0.5) is 5.82 Å². The Hall–Kier alpha value is -2.61. The van der Waals surface area contributed by atoms with Crippen LogP contribution in [-0.4, -0.2) is 66.3 Å². The Morgan fingerprint density at radius 1 is 1.16 bits per heavy atom. The molecule has 1 saturated heterocycles. The summed E-state index contributed by atoms with van der Waals surface area (Å²) in [6, 6.07) is 2.00. The van der Waals surface area contributed by atoms with Gasteiger partial charge < -0.3 is 25.0 Å². The highest BCUT2D eigenvalue weighted by Gasteiger charge is 2.41. The molecule has 8 nitrogen and oxygen atoms in total. The van der Waals surface area contributed by atoms with Crippen molar-refractivity contribution in [1.82, 2.24) is 14.9 Å².